The van der Waals surface area contributed by atoms with Gasteiger partial charge in [-0.15, -0.1) is 5.10 Å². The Morgan fingerprint density at radius 1 is 0.898 bits per heavy atom. The Morgan fingerprint density at radius 2 is 1.55 bits per heavy atom. The summed E-state index contributed by atoms with van der Waals surface area (Å²) in [6.45, 7) is 8.97. The zero-order chi connectivity index (χ0) is 34.7. The lowest BCUT2D eigenvalue weighted by atomic mass is 9.63. The minimum Gasteiger partial charge on any atom is -0.487 e. The molecule has 0 radical (unpaired) electrons. The van der Waals surface area contributed by atoms with Crippen molar-refractivity contribution < 1.29 is 18.7 Å². The first kappa shape index (κ1) is 33.4. The standard InChI is InChI=1S/C39H37BrClFN4O3/c1-38(2)16-30-36(32(47)18-38)35(37-31(17-39(3,4)19-33(37)48)46(30)28-11-9-25(41)10-12-28)29-15-24(40)8-13-34(29)49-22-27-21-45(44-43-27)20-23-6-5-7-26(42)14-23/h5-15,21,35H,16-20,22H2,1-4H3. The summed E-state index contributed by atoms with van der Waals surface area (Å²) in [5.41, 5.74) is 5.57. The number of carbonyl (C=O) groups excluding carboxylic acids is 2. The monoisotopic (exact) mass is 742 g/mol. The van der Waals surface area contributed by atoms with E-state index in [1.54, 1.807) is 16.9 Å². The molecule has 0 atom stereocenters. The number of halogens is 3. The van der Waals surface area contributed by atoms with E-state index < -0.39 is 5.92 Å². The molecule has 2 heterocycles. The summed E-state index contributed by atoms with van der Waals surface area (Å²) in [5, 5.41) is 9.12. The molecule has 4 aromatic rings. The first-order chi connectivity index (χ1) is 23.3. The van der Waals surface area contributed by atoms with Gasteiger partial charge in [-0.1, -0.05) is 72.6 Å². The van der Waals surface area contributed by atoms with E-state index in [1.807, 2.05) is 48.5 Å². The summed E-state index contributed by atoms with van der Waals surface area (Å²) in [4.78, 5) is 30.9. The molecule has 0 N–H and O–H groups in total. The van der Waals surface area contributed by atoms with Gasteiger partial charge in [0.25, 0.3) is 0 Å². The molecule has 3 aliphatic rings. The Hall–Kier alpha value is -4.08. The summed E-state index contributed by atoms with van der Waals surface area (Å²) in [5.74, 6) is -0.283. The number of ether oxygens (including phenoxy) is 1. The summed E-state index contributed by atoms with van der Waals surface area (Å²) in [6.07, 6.45) is 3.85. The zero-order valence-electron chi connectivity index (χ0n) is 27.9. The topological polar surface area (TPSA) is 77.3 Å². The average molecular weight is 744 g/mol. The average Bonchev–Trinajstić information content (AvgIpc) is 3.46. The number of ketones is 2. The van der Waals surface area contributed by atoms with Gasteiger partial charge in [-0.3, -0.25) is 9.59 Å². The molecule has 0 amide bonds. The third-order valence-corrected chi connectivity index (χ3v) is 10.2. The second-order valence-electron chi connectivity index (χ2n) is 14.9. The molecule has 0 spiro atoms. The summed E-state index contributed by atoms with van der Waals surface area (Å²) >= 11 is 9.99. The van der Waals surface area contributed by atoms with Crippen LogP contribution in [0.4, 0.5) is 10.1 Å². The van der Waals surface area contributed by atoms with Gasteiger partial charge in [-0.05, 0) is 83.8 Å². The van der Waals surface area contributed by atoms with E-state index in [2.05, 4.69) is 58.8 Å². The molecule has 2 aliphatic carbocycles. The summed E-state index contributed by atoms with van der Waals surface area (Å²) in [7, 11) is 0. The first-order valence-electron chi connectivity index (χ1n) is 16.4. The van der Waals surface area contributed by atoms with Gasteiger partial charge in [0.1, 0.15) is 23.9 Å². The molecule has 10 heteroatoms. The molecule has 0 fully saturated rings. The van der Waals surface area contributed by atoms with Gasteiger partial charge >= 0.3 is 0 Å². The Labute approximate surface area is 298 Å². The van der Waals surface area contributed by atoms with Crippen LogP contribution in [0.3, 0.4) is 0 Å². The van der Waals surface area contributed by atoms with Crippen LogP contribution in [-0.4, -0.2) is 26.6 Å². The largest absolute Gasteiger partial charge is 0.487 e. The Morgan fingerprint density at radius 3 is 2.18 bits per heavy atom. The SMILES string of the molecule is CC1(C)CC(=O)C2=C(C1)N(c1ccc(Cl)cc1)C1=C(C(=O)CC(C)(C)C1)C2c1cc(Br)ccc1OCc1cn(Cc2cccc(F)c2)nn1. The van der Waals surface area contributed by atoms with Crippen LogP contribution in [0, 0.1) is 16.6 Å². The van der Waals surface area contributed by atoms with Gasteiger partial charge in [0.15, 0.2) is 11.6 Å². The van der Waals surface area contributed by atoms with Crippen molar-refractivity contribution in [2.45, 2.75) is 72.4 Å². The van der Waals surface area contributed by atoms with Crippen molar-refractivity contribution >= 4 is 44.8 Å². The number of aromatic nitrogens is 3. The number of anilines is 1. The number of hydrogen-bond donors (Lipinski definition) is 0. The molecular formula is C39H37BrClFN4O3. The van der Waals surface area contributed by atoms with Gasteiger partial charge in [-0.25, -0.2) is 9.07 Å². The number of nitrogens with zero attached hydrogens (tertiary/aromatic N) is 4. The highest BCUT2D eigenvalue weighted by Gasteiger charge is 2.50. The summed E-state index contributed by atoms with van der Waals surface area (Å²) in [6, 6.07) is 19.7. The molecule has 49 heavy (non-hydrogen) atoms. The number of allylic oxidation sites excluding steroid dienone is 4. The normalized spacial score (nSPS) is 18.9. The van der Waals surface area contributed by atoms with Gasteiger partial charge in [0.2, 0.25) is 0 Å². The number of rotatable bonds is 7. The highest BCUT2D eigenvalue weighted by Crippen LogP contribution is 2.56. The number of Topliss-reactive ketones (excluding diaryl/α,β-unsaturated/α-hetero) is 2. The van der Waals surface area contributed by atoms with Crippen molar-refractivity contribution in [2.75, 3.05) is 4.90 Å². The second kappa shape index (κ2) is 12.7. The highest BCUT2D eigenvalue weighted by molar-refractivity contribution is 9.10. The van der Waals surface area contributed by atoms with Crippen molar-refractivity contribution in [3.63, 3.8) is 0 Å². The zero-order valence-corrected chi connectivity index (χ0v) is 30.2. The quantitative estimate of drug-likeness (QED) is 0.188. The lowest BCUT2D eigenvalue weighted by molar-refractivity contribution is -0.119. The van der Waals surface area contributed by atoms with E-state index in [1.165, 1.54) is 12.1 Å². The van der Waals surface area contributed by atoms with Crippen molar-refractivity contribution in [3.05, 3.63) is 128 Å². The molecule has 1 aromatic heterocycles. The minimum atomic E-state index is -0.600. The van der Waals surface area contributed by atoms with Crippen LogP contribution in [0.15, 0.2) is 99.9 Å². The summed E-state index contributed by atoms with van der Waals surface area (Å²) < 4.78 is 22.6. The molecule has 7 nitrogen and oxygen atoms in total. The van der Waals surface area contributed by atoms with Crippen LogP contribution in [-0.2, 0) is 22.7 Å². The van der Waals surface area contributed by atoms with E-state index in [0.29, 0.717) is 59.8 Å². The van der Waals surface area contributed by atoms with E-state index in [-0.39, 0.29) is 34.8 Å². The smallest absolute Gasteiger partial charge is 0.162 e. The maximum absolute atomic E-state index is 14.4. The van der Waals surface area contributed by atoms with Crippen molar-refractivity contribution in [3.8, 4) is 5.75 Å². The number of hydrogen-bond acceptors (Lipinski definition) is 6. The van der Waals surface area contributed by atoms with Crippen LogP contribution in [0.5, 0.6) is 5.75 Å². The van der Waals surface area contributed by atoms with Crippen LogP contribution < -0.4 is 9.64 Å². The molecule has 1 aliphatic heterocycles. The van der Waals surface area contributed by atoms with Crippen LogP contribution in [0.1, 0.15) is 76.1 Å². The van der Waals surface area contributed by atoms with Gasteiger partial charge in [-0.2, -0.15) is 0 Å². The van der Waals surface area contributed by atoms with Crippen LogP contribution >= 0.6 is 27.5 Å². The molecular weight excluding hydrogens is 707 g/mol. The fraction of sp³-hybridized carbons (Fsp3) is 0.333. The van der Waals surface area contributed by atoms with E-state index in [4.69, 9.17) is 16.3 Å². The molecule has 0 bridgehead atoms. The molecule has 0 unspecified atom stereocenters. The Bertz CT molecular complexity index is 1990. The lowest BCUT2D eigenvalue weighted by Crippen LogP contribution is -2.44. The Balaban J connectivity index is 1.32. The first-order valence-corrected chi connectivity index (χ1v) is 17.6. The highest BCUT2D eigenvalue weighted by atomic mass is 79.9. The van der Waals surface area contributed by atoms with Crippen LogP contribution in [0.2, 0.25) is 5.02 Å². The fourth-order valence-corrected chi connectivity index (χ4v) is 8.02. The third kappa shape index (κ3) is 6.75. The van der Waals surface area contributed by atoms with E-state index >= 15 is 0 Å². The fourth-order valence-electron chi connectivity index (χ4n) is 7.51. The maximum atomic E-state index is 14.4. The number of benzene rings is 3. The van der Waals surface area contributed by atoms with Gasteiger partial charge in [0, 0.05) is 62.0 Å². The van der Waals surface area contributed by atoms with Crippen LogP contribution in [0.25, 0.3) is 0 Å². The predicted octanol–water partition coefficient (Wildman–Crippen LogP) is 9.35. The molecule has 3 aromatic carbocycles. The lowest BCUT2D eigenvalue weighted by Gasteiger charge is -2.49. The predicted molar refractivity (Wildman–Crippen MR) is 191 cm³/mol. The van der Waals surface area contributed by atoms with E-state index in [0.717, 1.165) is 32.7 Å². The molecule has 0 saturated heterocycles. The Kier molecular flexibility index (Phi) is 8.64. The molecule has 252 valence electrons. The van der Waals surface area contributed by atoms with E-state index in [9.17, 15) is 14.0 Å². The van der Waals surface area contributed by atoms with Gasteiger partial charge in [0.05, 0.1) is 12.7 Å². The van der Waals surface area contributed by atoms with Crippen molar-refractivity contribution in [1.82, 2.24) is 15.0 Å². The number of carbonyl (C=O) groups is 2. The maximum Gasteiger partial charge on any atom is 0.162 e. The third-order valence-electron chi connectivity index (χ3n) is 9.47. The second-order valence-corrected chi connectivity index (χ2v) is 16.2. The van der Waals surface area contributed by atoms with Gasteiger partial charge < -0.3 is 9.64 Å². The van der Waals surface area contributed by atoms with Crippen molar-refractivity contribution in [2.24, 2.45) is 10.8 Å². The van der Waals surface area contributed by atoms with Crippen molar-refractivity contribution in [1.29, 1.82) is 0 Å². The molecule has 0 saturated carbocycles. The minimum absolute atomic E-state index is 0.0330. The molecule has 7 rings (SSSR count).